The lowest BCUT2D eigenvalue weighted by Crippen LogP contribution is -2.43. The van der Waals surface area contributed by atoms with Crippen LogP contribution in [0.2, 0.25) is 0 Å². The first-order valence-electron chi connectivity index (χ1n) is 8.64. The van der Waals surface area contributed by atoms with E-state index < -0.39 is 8.80 Å². The van der Waals surface area contributed by atoms with E-state index in [1.54, 1.807) is 0 Å². The van der Waals surface area contributed by atoms with Gasteiger partial charge < -0.3 is 0 Å². The number of allylic oxidation sites excluding steroid dienone is 1. The van der Waals surface area contributed by atoms with Crippen molar-refractivity contribution in [3.63, 3.8) is 0 Å². The molecule has 0 aliphatic heterocycles. The van der Waals surface area contributed by atoms with Crippen LogP contribution in [0.5, 0.6) is 0 Å². The lowest BCUT2D eigenvalue weighted by molar-refractivity contribution is 0.961. The first-order valence-corrected chi connectivity index (χ1v) is 10.1. The highest BCUT2D eigenvalue weighted by atomic mass is 28.3. The van der Waals surface area contributed by atoms with E-state index in [1.807, 2.05) is 0 Å². The highest BCUT2D eigenvalue weighted by Crippen LogP contribution is 2.19. The van der Waals surface area contributed by atoms with Gasteiger partial charge in [0.1, 0.15) is 0 Å². The summed E-state index contributed by atoms with van der Waals surface area (Å²) < 4.78 is 0. The van der Waals surface area contributed by atoms with E-state index in [0.29, 0.717) is 0 Å². The summed E-state index contributed by atoms with van der Waals surface area (Å²) in [6.45, 7) is 2.25. The van der Waals surface area contributed by atoms with Crippen molar-refractivity contribution in [2.75, 3.05) is 0 Å². The number of hydrogen-bond acceptors (Lipinski definition) is 0. The second-order valence-corrected chi connectivity index (χ2v) is 8.32. The van der Waals surface area contributed by atoms with Crippen LogP contribution in [0.15, 0.2) is 97.1 Å². The smallest absolute Gasteiger partial charge is 0.0841 e. The largest absolute Gasteiger partial charge is 0.154 e. The van der Waals surface area contributed by atoms with E-state index in [1.165, 1.54) is 27.6 Å². The summed E-state index contributed by atoms with van der Waals surface area (Å²) in [6, 6.07) is 32.8. The van der Waals surface area contributed by atoms with Gasteiger partial charge in [0.2, 0.25) is 0 Å². The molecule has 119 valence electrons. The van der Waals surface area contributed by atoms with Crippen LogP contribution in [0, 0.1) is 0 Å². The van der Waals surface area contributed by atoms with Gasteiger partial charge in [0, 0.05) is 0 Å². The highest BCUT2D eigenvalue weighted by molar-refractivity contribution is 6.99. The molecule has 0 aliphatic rings. The van der Waals surface area contributed by atoms with E-state index in [4.69, 9.17) is 0 Å². The molecule has 0 aliphatic carbocycles. The van der Waals surface area contributed by atoms with E-state index in [-0.39, 0.29) is 0 Å². The molecule has 1 radical (unpaired) electrons. The maximum absolute atomic E-state index is 2.46. The molecule has 1 heteroatoms. The van der Waals surface area contributed by atoms with Crippen molar-refractivity contribution < 1.29 is 0 Å². The monoisotopic (exact) mass is 327 g/mol. The van der Waals surface area contributed by atoms with Crippen molar-refractivity contribution in [1.82, 2.24) is 0 Å². The standard InChI is InChI=1S/C23H23Si/c1-2-3-19-23(20-13-7-4-8-14-20)24(21-15-9-5-10-16-21)22-17-11-6-12-18-22/h4-19H,2-3H2,1H3/b23-19+. The third-order valence-corrected chi connectivity index (χ3v) is 6.97. The van der Waals surface area contributed by atoms with Crippen molar-refractivity contribution in [2.45, 2.75) is 19.8 Å². The average Bonchev–Trinajstić information content (AvgIpc) is 2.67. The summed E-state index contributed by atoms with van der Waals surface area (Å²) in [5.74, 6) is 0. The quantitative estimate of drug-likeness (QED) is 0.575. The Morgan fingerprint density at radius 2 is 1.17 bits per heavy atom. The first-order chi connectivity index (χ1) is 11.9. The molecule has 0 fully saturated rings. The summed E-state index contributed by atoms with van der Waals surface area (Å²) in [5.41, 5.74) is 1.35. The molecule has 3 rings (SSSR count). The van der Waals surface area contributed by atoms with E-state index >= 15 is 0 Å². The van der Waals surface area contributed by atoms with Crippen molar-refractivity contribution in [2.24, 2.45) is 0 Å². The van der Waals surface area contributed by atoms with E-state index in [2.05, 4.69) is 104 Å². The Morgan fingerprint density at radius 1 is 0.708 bits per heavy atom. The topological polar surface area (TPSA) is 0 Å². The highest BCUT2D eigenvalue weighted by Gasteiger charge is 2.22. The predicted octanol–water partition coefficient (Wildman–Crippen LogP) is 4.72. The molecule has 24 heavy (non-hydrogen) atoms. The second-order valence-electron chi connectivity index (χ2n) is 5.88. The number of benzene rings is 3. The molecule has 0 saturated heterocycles. The zero-order chi connectivity index (χ0) is 16.6. The van der Waals surface area contributed by atoms with Gasteiger partial charge in [-0.2, -0.15) is 0 Å². The molecule has 0 nitrogen and oxygen atoms in total. The summed E-state index contributed by atoms with van der Waals surface area (Å²) in [5, 5.41) is 4.39. The minimum atomic E-state index is -1.00. The maximum Gasteiger partial charge on any atom is 0.154 e. The van der Waals surface area contributed by atoms with Gasteiger partial charge in [-0.3, -0.25) is 0 Å². The van der Waals surface area contributed by atoms with Crippen LogP contribution in [-0.2, 0) is 0 Å². The molecule has 0 spiro atoms. The maximum atomic E-state index is 2.46. The Kier molecular flexibility index (Phi) is 5.81. The zero-order valence-electron chi connectivity index (χ0n) is 14.2. The van der Waals surface area contributed by atoms with Crippen LogP contribution < -0.4 is 10.4 Å². The molecule has 0 saturated carbocycles. The lowest BCUT2D eigenvalue weighted by atomic mass is 10.2. The van der Waals surface area contributed by atoms with Crippen molar-refractivity contribution in [3.8, 4) is 0 Å². The Bertz CT molecular complexity index is 721. The summed E-state index contributed by atoms with van der Waals surface area (Å²) >= 11 is 0. The first kappa shape index (κ1) is 16.5. The van der Waals surface area contributed by atoms with Crippen molar-refractivity contribution in [1.29, 1.82) is 0 Å². The van der Waals surface area contributed by atoms with Crippen LogP contribution in [0.1, 0.15) is 25.3 Å². The molecule has 0 bridgehead atoms. The van der Waals surface area contributed by atoms with Crippen LogP contribution in [0.4, 0.5) is 0 Å². The fraction of sp³-hybridized carbons (Fsp3) is 0.130. The Hall–Kier alpha value is -2.38. The van der Waals surface area contributed by atoms with Gasteiger partial charge in [0.05, 0.1) is 0 Å². The molecular weight excluding hydrogens is 304 g/mol. The van der Waals surface area contributed by atoms with Gasteiger partial charge in [-0.25, -0.2) is 0 Å². The molecular formula is C23H23Si. The van der Waals surface area contributed by atoms with Crippen LogP contribution in [-0.4, -0.2) is 8.80 Å². The SMILES string of the molecule is CCC/C=C(\c1ccccc1)[Si](c1ccccc1)c1ccccc1. The summed E-state index contributed by atoms with van der Waals surface area (Å²) in [6.07, 6.45) is 4.76. The van der Waals surface area contributed by atoms with E-state index in [9.17, 15) is 0 Å². The van der Waals surface area contributed by atoms with Gasteiger partial charge in [0.25, 0.3) is 0 Å². The minimum absolute atomic E-state index is 1.00. The second kappa shape index (κ2) is 8.46. The molecule has 0 N–H and O–H groups in total. The molecule has 0 heterocycles. The molecule has 3 aromatic carbocycles. The van der Waals surface area contributed by atoms with Crippen LogP contribution in [0.25, 0.3) is 5.20 Å². The third kappa shape index (κ3) is 3.93. The van der Waals surface area contributed by atoms with Crippen LogP contribution in [0.3, 0.4) is 0 Å². The normalized spacial score (nSPS) is 11.7. The van der Waals surface area contributed by atoms with Gasteiger partial charge >= 0.3 is 0 Å². The number of hydrogen-bond donors (Lipinski definition) is 0. The molecule has 0 amide bonds. The molecule has 0 aromatic heterocycles. The third-order valence-electron chi connectivity index (χ3n) is 4.12. The fourth-order valence-electron chi connectivity index (χ4n) is 2.96. The fourth-order valence-corrected chi connectivity index (χ4v) is 5.77. The number of rotatable bonds is 6. The lowest BCUT2D eigenvalue weighted by Gasteiger charge is -2.20. The zero-order valence-corrected chi connectivity index (χ0v) is 15.2. The molecule has 0 atom stereocenters. The van der Waals surface area contributed by atoms with Gasteiger partial charge in [0.15, 0.2) is 8.80 Å². The Labute approximate surface area is 147 Å². The average molecular weight is 328 g/mol. The van der Waals surface area contributed by atoms with Gasteiger partial charge in [-0.1, -0.05) is 121 Å². The van der Waals surface area contributed by atoms with Gasteiger partial charge in [-0.05, 0) is 17.2 Å². The minimum Gasteiger partial charge on any atom is -0.0841 e. The Morgan fingerprint density at radius 3 is 1.62 bits per heavy atom. The number of unbranched alkanes of at least 4 members (excludes halogenated alkanes) is 1. The summed E-state index contributed by atoms with van der Waals surface area (Å²) in [4.78, 5) is 0. The van der Waals surface area contributed by atoms with Gasteiger partial charge in [-0.15, -0.1) is 0 Å². The predicted molar refractivity (Wildman–Crippen MR) is 107 cm³/mol. The van der Waals surface area contributed by atoms with Crippen molar-refractivity contribution >= 4 is 24.4 Å². The summed E-state index contributed by atoms with van der Waals surface area (Å²) in [7, 11) is -1.00. The molecule has 0 unspecified atom stereocenters. The Balaban J connectivity index is 2.14. The van der Waals surface area contributed by atoms with E-state index in [0.717, 1.165) is 6.42 Å². The van der Waals surface area contributed by atoms with Crippen LogP contribution >= 0.6 is 0 Å². The molecule has 3 aromatic rings. The van der Waals surface area contributed by atoms with Crippen molar-refractivity contribution in [3.05, 3.63) is 103 Å².